The van der Waals surface area contributed by atoms with Crippen molar-refractivity contribution in [1.82, 2.24) is 0 Å². The first-order chi connectivity index (χ1) is 18.3. The fraction of sp³-hybridized carbons (Fsp3) is 0.212. The van der Waals surface area contributed by atoms with E-state index in [1.165, 1.54) is 32.8 Å². The van der Waals surface area contributed by atoms with Crippen molar-refractivity contribution in [2.24, 2.45) is 0 Å². The Hall–Kier alpha value is -3.80. The van der Waals surface area contributed by atoms with E-state index in [1.807, 2.05) is 0 Å². The van der Waals surface area contributed by atoms with Gasteiger partial charge in [0.15, 0.2) is 0 Å². The minimum absolute atomic E-state index is 0.0132. The summed E-state index contributed by atoms with van der Waals surface area (Å²) >= 11 is 0. The second kappa shape index (κ2) is 8.35. The molecule has 5 aromatic carbocycles. The Morgan fingerprint density at radius 3 is 2.03 bits per heavy atom. The standard InChI is InChI=1S/C33H31BN2O2/c1-32(2)33(3,4)38-34(37-32)25-19-17-22-15-16-23-18-20-28-30(29(23)27(22)21-25)36(26-13-9-6-10-14-26)31(35-28)24-11-7-5-8-12-24/h5-21,31,35H,1-4H3. The molecule has 1 unspecified atom stereocenters. The maximum atomic E-state index is 6.42. The number of hydrogen-bond donors (Lipinski definition) is 1. The Balaban J connectivity index is 1.46. The molecule has 38 heavy (non-hydrogen) atoms. The monoisotopic (exact) mass is 498 g/mol. The van der Waals surface area contributed by atoms with Crippen LogP contribution in [0.15, 0.2) is 103 Å². The van der Waals surface area contributed by atoms with E-state index in [0.29, 0.717) is 0 Å². The average Bonchev–Trinajstić information content (AvgIpc) is 3.42. The summed E-state index contributed by atoms with van der Waals surface area (Å²) in [6, 6.07) is 36.8. The topological polar surface area (TPSA) is 33.7 Å². The van der Waals surface area contributed by atoms with Crippen LogP contribution >= 0.6 is 0 Å². The van der Waals surface area contributed by atoms with Crippen molar-refractivity contribution in [3.8, 4) is 0 Å². The molecule has 1 saturated heterocycles. The van der Waals surface area contributed by atoms with Crippen LogP contribution in [-0.4, -0.2) is 18.3 Å². The molecule has 2 aliphatic heterocycles. The van der Waals surface area contributed by atoms with Crippen molar-refractivity contribution in [1.29, 1.82) is 0 Å². The zero-order valence-corrected chi connectivity index (χ0v) is 22.2. The van der Waals surface area contributed by atoms with E-state index in [9.17, 15) is 0 Å². The van der Waals surface area contributed by atoms with Crippen molar-refractivity contribution in [3.05, 3.63) is 109 Å². The van der Waals surface area contributed by atoms with Crippen molar-refractivity contribution in [2.75, 3.05) is 10.2 Å². The van der Waals surface area contributed by atoms with Crippen LogP contribution < -0.4 is 15.7 Å². The molecule has 5 aromatic rings. The fourth-order valence-electron chi connectivity index (χ4n) is 5.71. The molecule has 0 aliphatic carbocycles. The summed E-state index contributed by atoms with van der Waals surface area (Å²) in [6.45, 7) is 8.40. The maximum Gasteiger partial charge on any atom is 0.494 e. The van der Waals surface area contributed by atoms with E-state index in [0.717, 1.165) is 16.8 Å². The van der Waals surface area contributed by atoms with Crippen LogP contribution in [0.3, 0.4) is 0 Å². The lowest BCUT2D eigenvalue weighted by Crippen LogP contribution is -2.41. The van der Waals surface area contributed by atoms with Gasteiger partial charge in [0.05, 0.1) is 22.6 Å². The largest absolute Gasteiger partial charge is 0.494 e. The van der Waals surface area contributed by atoms with E-state index in [2.05, 4.69) is 141 Å². The summed E-state index contributed by atoms with van der Waals surface area (Å²) in [4.78, 5) is 2.44. The zero-order chi connectivity index (χ0) is 26.1. The Kier molecular flexibility index (Phi) is 5.13. The summed E-state index contributed by atoms with van der Waals surface area (Å²) in [6.07, 6.45) is -0.0132. The van der Waals surface area contributed by atoms with E-state index in [-0.39, 0.29) is 17.4 Å². The lowest BCUT2D eigenvalue weighted by molar-refractivity contribution is 0.00578. The molecule has 0 bridgehead atoms. The van der Waals surface area contributed by atoms with Crippen LogP contribution in [0.1, 0.15) is 39.4 Å². The minimum Gasteiger partial charge on any atom is -0.399 e. The molecule has 1 atom stereocenters. The second-order valence-corrected chi connectivity index (χ2v) is 11.4. The summed E-state index contributed by atoms with van der Waals surface area (Å²) in [5, 5.41) is 8.65. The lowest BCUT2D eigenvalue weighted by atomic mass is 9.78. The molecule has 0 saturated carbocycles. The zero-order valence-electron chi connectivity index (χ0n) is 22.2. The van der Waals surface area contributed by atoms with Crippen molar-refractivity contribution < 1.29 is 9.31 Å². The molecule has 4 nitrogen and oxygen atoms in total. The van der Waals surface area contributed by atoms with Gasteiger partial charge in [-0.05, 0) is 73.1 Å². The van der Waals surface area contributed by atoms with Gasteiger partial charge in [0.25, 0.3) is 0 Å². The molecule has 0 aromatic heterocycles. The summed E-state index contributed by atoms with van der Waals surface area (Å²) in [5.41, 5.74) is 4.96. The van der Waals surface area contributed by atoms with Crippen LogP contribution in [0.25, 0.3) is 21.5 Å². The molecule has 7 rings (SSSR count). The summed E-state index contributed by atoms with van der Waals surface area (Å²) in [7, 11) is -0.406. The predicted molar refractivity (Wildman–Crippen MR) is 159 cm³/mol. The first kappa shape index (κ1) is 23.3. The Morgan fingerprint density at radius 2 is 1.32 bits per heavy atom. The average molecular weight is 498 g/mol. The number of fused-ring (bicyclic) bond motifs is 5. The molecule has 1 N–H and O–H groups in total. The van der Waals surface area contributed by atoms with Crippen LogP contribution in [0.2, 0.25) is 0 Å². The number of hydrogen-bond acceptors (Lipinski definition) is 4. The van der Waals surface area contributed by atoms with Gasteiger partial charge in [-0.3, -0.25) is 0 Å². The van der Waals surface area contributed by atoms with Crippen LogP contribution in [0.5, 0.6) is 0 Å². The van der Waals surface area contributed by atoms with Crippen molar-refractivity contribution in [3.63, 3.8) is 0 Å². The normalized spacial score (nSPS) is 19.6. The Morgan fingerprint density at radius 1 is 0.711 bits per heavy atom. The number of rotatable bonds is 3. The van der Waals surface area contributed by atoms with Crippen molar-refractivity contribution >= 4 is 51.2 Å². The first-order valence-corrected chi connectivity index (χ1v) is 13.3. The highest BCUT2D eigenvalue weighted by molar-refractivity contribution is 6.62. The van der Waals surface area contributed by atoms with Crippen LogP contribution in [0.4, 0.5) is 17.1 Å². The van der Waals surface area contributed by atoms with Gasteiger partial charge in [0.1, 0.15) is 6.17 Å². The van der Waals surface area contributed by atoms with Gasteiger partial charge in [-0.15, -0.1) is 0 Å². The highest BCUT2D eigenvalue weighted by Crippen LogP contribution is 2.51. The third-order valence-corrected chi connectivity index (χ3v) is 8.47. The maximum absolute atomic E-state index is 6.42. The fourth-order valence-corrected chi connectivity index (χ4v) is 5.71. The first-order valence-electron chi connectivity index (χ1n) is 13.3. The summed E-state index contributed by atoms with van der Waals surface area (Å²) < 4.78 is 12.8. The van der Waals surface area contributed by atoms with Gasteiger partial charge in [-0.25, -0.2) is 0 Å². The van der Waals surface area contributed by atoms with E-state index < -0.39 is 7.12 Å². The second-order valence-electron chi connectivity index (χ2n) is 11.4. The van der Waals surface area contributed by atoms with Crippen LogP contribution in [-0.2, 0) is 9.31 Å². The number of nitrogens with zero attached hydrogens (tertiary/aromatic N) is 1. The Labute approximate surface area is 224 Å². The molecule has 188 valence electrons. The molecule has 0 amide bonds. The third-order valence-electron chi connectivity index (χ3n) is 8.47. The lowest BCUT2D eigenvalue weighted by Gasteiger charge is -2.32. The smallest absolute Gasteiger partial charge is 0.399 e. The molecule has 2 aliphatic rings. The predicted octanol–water partition coefficient (Wildman–Crippen LogP) is 7.55. The Bertz CT molecular complexity index is 1650. The van der Waals surface area contributed by atoms with E-state index >= 15 is 0 Å². The van der Waals surface area contributed by atoms with Gasteiger partial charge in [-0.2, -0.15) is 0 Å². The van der Waals surface area contributed by atoms with Gasteiger partial charge in [0, 0.05) is 11.1 Å². The number of para-hydroxylation sites is 1. The summed E-state index contributed by atoms with van der Waals surface area (Å²) in [5.74, 6) is 0. The molecule has 1 fully saturated rings. The molecule has 5 heteroatoms. The number of benzene rings is 5. The number of anilines is 3. The molecular formula is C33H31BN2O2. The SMILES string of the molecule is CC1(C)OB(c2ccc3ccc4ccc5c(c4c3c2)N(c2ccccc2)C(c2ccccc2)N5)OC1(C)C. The number of nitrogens with one attached hydrogen (secondary N) is 1. The van der Waals surface area contributed by atoms with Crippen molar-refractivity contribution in [2.45, 2.75) is 45.1 Å². The van der Waals surface area contributed by atoms with Gasteiger partial charge < -0.3 is 19.5 Å². The van der Waals surface area contributed by atoms with Crippen LogP contribution in [0, 0.1) is 0 Å². The highest BCUT2D eigenvalue weighted by atomic mass is 16.7. The van der Waals surface area contributed by atoms with E-state index in [4.69, 9.17) is 9.31 Å². The molecular weight excluding hydrogens is 467 g/mol. The highest BCUT2D eigenvalue weighted by Gasteiger charge is 2.51. The van der Waals surface area contributed by atoms with Gasteiger partial charge >= 0.3 is 7.12 Å². The molecule has 0 radical (unpaired) electrons. The van der Waals surface area contributed by atoms with Gasteiger partial charge in [0.2, 0.25) is 0 Å². The molecule has 2 heterocycles. The quantitative estimate of drug-likeness (QED) is 0.206. The minimum atomic E-state index is -0.406. The molecule has 0 spiro atoms. The van der Waals surface area contributed by atoms with Gasteiger partial charge in [-0.1, -0.05) is 84.9 Å². The third kappa shape index (κ3) is 3.53. The van der Waals surface area contributed by atoms with E-state index in [1.54, 1.807) is 0 Å².